The first kappa shape index (κ1) is 14.3. The highest BCUT2D eigenvalue weighted by Crippen LogP contribution is 2.28. The van der Waals surface area contributed by atoms with Gasteiger partial charge in [-0.25, -0.2) is 9.97 Å². The van der Waals surface area contributed by atoms with Crippen molar-refractivity contribution < 1.29 is 4.52 Å². The number of aryl methyl sites for hydroxylation is 1. The van der Waals surface area contributed by atoms with Gasteiger partial charge in [-0.15, -0.1) is 0 Å². The number of nitrogens with two attached hydrogens (primary N) is 1. The highest BCUT2D eigenvalue weighted by molar-refractivity contribution is 9.10. The zero-order valence-electron chi connectivity index (χ0n) is 11.7. The fraction of sp³-hybridized carbons (Fsp3) is 0.0714. The average Bonchev–Trinajstić information content (AvgIpc) is 2.89. The summed E-state index contributed by atoms with van der Waals surface area (Å²) >= 11 is 3.42. The molecule has 0 fully saturated rings. The predicted molar refractivity (Wildman–Crippen MR) is 88.4 cm³/mol. The topological polar surface area (TPSA) is 102 Å². The third kappa shape index (κ3) is 3.17. The summed E-state index contributed by atoms with van der Waals surface area (Å²) in [5, 5.41) is 10.0. The number of nitrogens with zero attached hydrogens (tertiary/aromatic N) is 3. The lowest BCUT2D eigenvalue weighted by Crippen LogP contribution is -2.05. The third-order valence-electron chi connectivity index (χ3n) is 2.85. The molecule has 0 saturated carbocycles. The Bertz CT molecular complexity index is 804. The summed E-state index contributed by atoms with van der Waals surface area (Å²) in [4.78, 5) is 8.29. The molecule has 8 heteroatoms. The average molecular weight is 361 g/mol. The van der Waals surface area contributed by atoms with Crippen LogP contribution in [0, 0.1) is 6.92 Å². The molecule has 0 aliphatic heterocycles. The number of halogens is 1. The quantitative estimate of drug-likeness (QED) is 0.652. The predicted octanol–water partition coefficient (Wildman–Crippen LogP) is 3.60. The van der Waals surface area contributed by atoms with Gasteiger partial charge in [0.1, 0.15) is 17.8 Å². The van der Waals surface area contributed by atoms with E-state index in [4.69, 9.17) is 10.3 Å². The molecule has 112 valence electrons. The number of benzene rings is 1. The molecule has 0 atom stereocenters. The molecular formula is C14H13BrN6O. The van der Waals surface area contributed by atoms with Crippen LogP contribution in [-0.2, 0) is 0 Å². The van der Waals surface area contributed by atoms with Crippen molar-refractivity contribution in [2.24, 2.45) is 0 Å². The van der Waals surface area contributed by atoms with E-state index in [2.05, 4.69) is 41.7 Å². The largest absolute Gasteiger partial charge is 0.393 e. The number of rotatable bonds is 4. The smallest absolute Gasteiger partial charge is 0.175 e. The first-order chi connectivity index (χ1) is 10.6. The van der Waals surface area contributed by atoms with Crippen LogP contribution in [0.25, 0.3) is 0 Å². The first-order valence-corrected chi connectivity index (χ1v) is 7.24. The first-order valence-electron chi connectivity index (χ1n) is 6.45. The van der Waals surface area contributed by atoms with Gasteiger partial charge in [0, 0.05) is 16.2 Å². The van der Waals surface area contributed by atoms with Gasteiger partial charge in [0.25, 0.3) is 0 Å². The number of hydrogen-bond donors (Lipinski definition) is 3. The Morgan fingerprint density at radius 3 is 2.59 bits per heavy atom. The number of nitrogens with one attached hydrogen (secondary N) is 2. The number of hydrogen-bond acceptors (Lipinski definition) is 7. The fourth-order valence-electron chi connectivity index (χ4n) is 1.84. The summed E-state index contributed by atoms with van der Waals surface area (Å²) in [6, 6.07) is 9.45. The molecule has 0 bridgehead atoms. The second-order valence-corrected chi connectivity index (χ2v) is 5.48. The maximum Gasteiger partial charge on any atom is 0.175 e. The van der Waals surface area contributed by atoms with Crippen LogP contribution in [0.5, 0.6) is 0 Å². The Morgan fingerprint density at radius 2 is 1.91 bits per heavy atom. The molecule has 4 N–H and O–H groups in total. The molecule has 3 rings (SSSR count). The van der Waals surface area contributed by atoms with Gasteiger partial charge in [-0.3, -0.25) is 0 Å². The van der Waals surface area contributed by atoms with E-state index in [-0.39, 0.29) is 0 Å². The lowest BCUT2D eigenvalue weighted by atomic mass is 10.3. The van der Waals surface area contributed by atoms with Gasteiger partial charge in [-0.2, -0.15) is 0 Å². The van der Waals surface area contributed by atoms with Crippen LogP contribution in [0.15, 0.2) is 45.7 Å². The summed E-state index contributed by atoms with van der Waals surface area (Å²) in [5.74, 6) is 2.20. The van der Waals surface area contributed by atoms with Crippen LogP contribution < -0.4 is 16.4 Å². The standard InChI is InChI=1S/C14H13BrN6O/c1-8-5-11(21-22-8)20-14-12(16)13(17-7-18-14)19-10-4-2-3-9(15)6-10/h2-7H,16H2,1H3,(H2,17,18,19,20,21). The Hall–Kier alpha value is -2.61. The van der Waals surface area contributed by atoms with Gasteiger partial charge in [-0.05, 0) is 25.1 Å². The van der Waals surface area contributed by atoms with Crippen LogP contribution in [0.4, 0.5) is 28.8 Å². The second-order valence-electron chi connectivity index (χ2n) is 4.57. The van der Waals surface area contributed by atoms with Crippen LogP contribution in [0.1, 0.15) is 5.76 Å². The molecule has 2 aromatic heterocycles. The van der Waals surface area contributed by atoms with E-state index < -0.39 is 0 Å². The molecular weight excluding hydrogens is 348 g/mol. The Morgan fingerprint density at radius 1 is 1.14 bits per heavy atom. The maximum absolute atomic E-state index is 6.10. The van der Waals surface area contributed by atoms with Crippen molar-refractivity contribution in [2.45, 2.75) is 6.92 Å². The van der Waals surface area contributed by atoms with E-state index >= 15 is 0 Å². The normalized spacial score (nSPS) is 10.5. The molecule has 2 heterocycles. The summed E-state index contributed by atoms with van der Waals surface area (Å²) in [7, 11) is 0. The monoisotopic (exact) mass is 360 g/mol. The molecule has 1 aromatic carbocycles. The molecule has 0 spiro atoms. The van der Waals surface area contributed by atoms with E-state index in [0.717, 1.165) is 10.2 Å². The highest BCUT2D eigenvalue weighted by atomic mass is 79.9. The van der Waals surface area contributed by atoms with Crippen molar-refractivity contribution in [1.29, 1.82) is 0 Å². The molecule has 22 heavy (non-hydrogen) atoms. The number of aromatic nitrogens is 3. The Labute approximate surface area is 135 Å². The lowest BCUT2D eigenvalue weighted by Gasteiger charge is -2.11. The van der Waals surface area contributed by atoms with Gasteiger partial charge in [-0.1, -0.05) is 27.2 Å². The molecule has 0 saturated heterocycles. The molecule has 3 aromatic rings. The minimum atomic E-state index is 0.392. The molecule has 0 unspecified atom stereocenters. The van der Waals surface area contributed by atoms with Gasteiger partial charge < -0.3 is 20.9 Å². The third-order valence-corrected chi connectivity index (χ3v) is 3.34. The molecule has 0 radical (unpaired) electrons. The lowest BCUT2D eigenvalue weighted by molar-refractivity contribution is 0.400. The molecule has 0 aliphatic carbocycles. The van der Waals surface area contributed by atoms with E-state index in [9.17, 15) is 0 Å². The van der Waals surface area contributed by atoms with Gasteiger partial charge in [0.05, 0.1) is 0 Å². The zero-order valence-corrected chi connectivity index (χ0v) is 13.3. The van der Waals surface area contributed by atoms with Gasteiger partial charge in [0.15, 0.2) is 17.5 Å². The van der Waals surface area contributed by atoms with Crippen LogP contribution in [0.2, 0.25) is 0 Å². The van der Waals surface area contributed by atoms with E-state index in [0.29, 0.717) is 28.9 Å². The number of anilines is 5. The van der Waals surface area contributed by atoms with Gasteiger partial charge >= 0.3 is 0 Å². The van der Waals surface area contributed by atoms with Crippen LogP contribution >= 0.6 is 15.9 Å². The maximum atomic E-state index is 6.10. The Balaban J connectivity index is 1.85. The molecule has 0 amide bonds. The van der Waals surface area contributed by atoms with Crippen molar-refractivity contribution in [3.8, 4) is 0 Å². The molecule has 0 aliphatic rings. The minimum absolute atomic E-state index is 0.392. The second kappa shape index (κ2) is 6.02. The highest BCUT2D eigenvalue weighted by Gasteiger charge is 2.10. The van der Waals surface area contributed by atoms with E-state index in [1.165, 1.54) is 6.33 Å². The molecule has 7 nitrogen and oxygen atoms in total. The van der Waals surface area contributed by atoms with Gasteiger partial charge in [0.2, 0.25) is 0 Å². The summed E-state index contributed by atoms with van der Waals surface area (Å²) in [6.07, 6.45) is 1.42. The van der Waals surface area contributed by atoms with Crippen LogP contribution in [-0.4, -0.2) is 15.1 Å². The summed E-state index contributed by atoms with van der Waals surface area (Å²) in [5.41, 5.74) is 7.36. The van der Waals surface area contributed by atoms with E-state index in [1.807, 2.05) is 31.2 Å². The van der Waals surface area contributed by atoms with Crippen molar-refractivity contribution in [3.05, 3.63) is 46.9 Å². The van der Waals surface area contributed by atoms with Crippen molar-refractivity contribution in [3.63, 3.8) is 0 Å². The zero-order chi connectivity index (χ0) is 15.5. The Kier molecular flexibility index (Phi) is 3.92. The van der Waals surface area contributed by atoms with Crippen molar-refractivity contribution >= 4 is 44.8 Å². The van der Waals surface area contributed by atoms with Crippen LogP contribution in [0.3, 0.4) is 0 Å². The summed E-state index contributed by atoms with van der Waals surface area (Å²) < 4.78 is 5.96. The van der Waals surface area contributed by atoms with Crippen molar-refractivity contribution in [1.82, 2.24) is 15.1 Å². The minimum Gasteiger partial charge on any atom is -0.393 e. The van der Waals surface area contributed by atoms with Crippen molar-refractivity contribution in [2.75, 3.05) is 16.4 Å². The SMILES string of the molecule is Cc1cc(Nc2ncnc(Nc3cccc(Br)c3)c2N)no1. The van der Waals surface area contributed by atoms with E-state index in [1.54, 1.807) is 6.07 Å². The fourth-order valence-corrected chi connectivity index (χ4v) is 2.24. The summed E-state index contributed by atoms with van der Waals surface area (Å²) in [6.45, 7) is 1.81. The number of nitrogen functional groups attached to an aromatic ring is 1.